The molecule has 0 aliphatic heterocycles. The first-order chi connectivity index (χ1) is 13.5. The van der Waals surface area contributed by atoms with Crippen molar-refractivity contribution in [3.05, 3.63) is 71.8 Å². The van der Waals surface area contributed by atoms with Gasteiger partial charge >= 0.3 is 0 Å². The molecule has 0 aliphatic carbocycles. The van der Waals surface area contributed by atoms with E-state index in [1.54, 1.807) is 23.6 Å². The van der Waals surface area contributed by atoms with Crippen molar-refractivity contribution in [1.29, 1.82) is 0 Å². The molecule has 2 amide bonds. The quantitative estimate of drug-likeness (QED) is 0.651. The van der Waals surface area contributed by atoms with E-state index in [1.165, 1.54) is 5.56 Å². The van der Waals surface area contributed by atoms with E-state index in [9.17, 15) is 9.59 Å². The fraction of sp³-hybridized carbons (Fsp3) is 0.391. The molecular weight excluding hydrogens is 368 g/mol. The number of benzene rings is 2. The van der Waals surface area contributed by atoms with Crippen molar-refractivity contribution in [1.82, 2.24) is 10.2 Å². The van der Waals surface area contributed by atoms with Crippen LogP contribution in [0, 0.1) is 0 Å². The van der Waals surface area contributed by atoms with Crippen LogP contribution in [-0.4, -0.2) is 34.6 Å². The van der Waals surface area contributed by atoms with Crippen LogP contribution in [0.5, 0.6) is 0 Å². The Labute approximate surface area is 172 Å². The van der Waals surface area contributed by atoms with E-state index in [-0.39, 0.29) is 17.9 Å². The van der Waals surface area contributed by atoms with E-state index in [2.05, 4.69) is 17.4 Å². The summed E-state index contributed by atoms with van der Waals surface area (Å²) in [6, 6.07) is 19.5. The van der Waals surface area contributed by atoms with E-state index in [0.29, 0.717) is 12.3 Å². The molecule has 0 saturated carbocycles. The van der Waals surface area contributed by atoms with Crippen molar-refractivity contribution in [3.8, 4) is 0 Å². The van der Waals surface area contributed by atoms with E-state index < -0.39 is 6.04 Å². The number of hydrogen-bond donors (Lipinski definition) is 1. The predicted octanol–water partition coefficient (Wildman–Crippen LogP) is 4.25. The maximum atomic E-state index is 13.0. The zero-order valence-corrected chi connectivity index (χ0v) is 17.7. The highest BCUT2D eigenvalue weighted by molar-refractivity contribution is 7.99. The van der Waals surface area contributed by atoms with Gasteiger partial charge in [-0.05, 0) is 31.4 Å². The van der Waals surface area contributed by atoms with Gasteiger partial charge in [-0.3, -0.25) is 9.59 Å². The number of nitrogens with zero attached hydrogens (tertiary/aromatic N) is 1. The van der Waals surface area contributed by atoms with Crippen LogP contribution in [0.25, 0.3) is 0 Å². The van der Waals surface area contributed by atoms with Gasteiger partial charge in [-0.2, -0.15) is 0 Å². The Balaban J connectivity index is 2.03. The highest BCUT2D eigenvalue weighted by Crippen LogP contribution is 2.16. The minimum atomic E-state index is -0.515. The zero-order valence-electron chi connectivity index (χ0n) is 16.9. The van der Waals surface area contributed by atoms with Crippen LogP contribution in [-0.2, 0) is 21.9 Å². The van der Waals surface area contributed by atoms with Gasteiger partial charge in [0, 0.05) is 18.3 Å². The van der Waals surface area contributed by atoms with Crippen molar-refractivity contribution >= 4 is 23.6 Å². The van der Waals surface area contributed by atoms with Crippen LogP contribution in [0.2, 0.25) is 0 Å². The molecule has 0 bridgehead atoms. The molecule has 1 N–H and O–H groups in total. The molecule has 0 heterocycles. The topological polar surface area (TPSA) is 49.4 Å². The van der Waals surface area contributed by atoms with Gasteiger partial charge in [0.25, 0.3) is 0 Å². The van der Waals surface area contributed by atoms with Crippen LogP contribution in [0.4, 0.5) is 0 Å². The minimum Gasteiger partial charge on any atom is -0.352 e. The maximum absolute atomic E-state index is 13.0. The molecule has 0 fully saturated rings. The van der Waals surface area contributed by atoms with Gasteiger partial charge in [-0.1, -0.05) is 67.6 Å². The largest absolute Gasteiger partial charge is 0.352 e. The predicted molar refractivity (Wildman–Crippen MR) is 117 cm³/mol. The number of thioether (sulfide) groups is 1. The summed E-state index contributed by atoms with van der Waals surface area (Å²) in [5.74, 6) is 1.00. The van der Waals surface area contributed by atoms with Gasteiger partial charge in [-0.15, -0.1) is 11.8 Å². The van der Waals surface area contributed by atoms with Crippen LogP contribution < -0.4 is 5.32 Å². The number of amides is 2. The number of rotatable bonds is 10. The lowest BCUT2D eigenvalue weighted by Gasteiger charge is -2.29. The van der Waals surface area contributed by atoms with Crippen LogP contribution in [0.3, 0.4) is 0 Å². The average molecular weight is 399 g/mol. The highest BCUT2D eigenvalue weighted by Gasteiger charge is 2.26. The fourth-order valence-electron chi connectivity index (χ4n) is 2.74. The Bertz CT molecular complexity index is 737. The first kappa shape index (κ1) is 22.0. The van der Waals surface area contributed by atoms with Crippen molar-refractivity contribution < 1.29 is 9.59 Å². The molecule has 0 aliphatic rings. The first-order valence-corrected chi connectivity index (χ1v) is 10.9. The van der Waals surface area contributed by atoms with E-state index >= 15 is 0 Å². The SMILES string of the molecule is CCC(C)NC(=O)C(C)N(Cc1ccccc1)C(=O)CSCc1ccccc1. The molecule has 2 rings (SSSR count). The molecule has 2 aromatic carbocycles. The fourth-order valence-corrected chi connectivity index (χ4v) is 3.61. The summed E-state index contributed by atoms with van der Waals surface area (Å²) in [5, 5.41) is 2.99. The molecular formula is C23H30N2O2S. The zero-order chi connectivity index (χ0) is 20.4. The Kier molecular flexibility index (Phi) is 9.08. The summed E-state index contributed by atoms with van der Waals surface area (Å²) < 4.78 is 0. The van der Waals surface area contributed by atoms with Crippen molar-refractivity contribution in [3.63, 3.8) is 0 Å². The molecule has 0 radical (unpaired) electrons. The Morgan fingerprint density at radius 3 is 2.11 bits per heavy atom. The summed E-state index contributed by atoms with van der Waals surface area (Å²) in [4.78, 5) is 27.3. The second-order valence-corrected chi connectivity index (χ2v) is 7.97. The second kappa shape index (κ2) is 11.5. The van der Waals surface area contributed by atoms with E-state index in [1.807, 2.05) is 62.4 Å². The van der Waals surface area contributed by atoms with E-state index in [4.69, 9.17) is 0 Å². The van der Waals surface area contributed by atoms with Gasteiger partial charge in [0.1, 0.15) is 6.04 Å². The third-order valence-electron chi connectivity index (χ3n) is 4.70. The Morgan fingerprint density at radius 2 is 1.54 bits per heavy atom. The van der Waals surface area contributed by atoms with Gasteiger partial charge < -0.3 is 10.2 Å². The molecule has 2 atom stereocenters. The van der Waals surface area contributed by atoms with Gasteiger partial charge in [0.15, 0.2) is 0 Å². The Morgan fingerprint density at radius 1 is 0.964 bits per heavy atom. The summed E-state index contributed by atoms with van der Waals surface area (Å²) in [6.07, 6.45) is 0.859. The smallest absolute Gasteiger partial charge is 0.242 e. The van der Waals surface area contributed by atoms with E-state index in [0.717, 1.165) is 17.7 Å². The lowest BCUT2D eigenvalue weighted by molar-refractivity contribution is -0.138. The first-order valence-electron chi connectivity index (χ1n) is 9.76. The normalized spacial score (nSPS) is 12.8. The third-order valence-corrected chi connectivity index (χ3v) is 5.69. The molecule has 2 aromatic rings. The molecule has 5 heteroatoms. The third kappa shape index (κ3) is 7.04. The number of carbonyl (C=O) groups excluding carboxylic acids is 2. The maximum Gasteiger partial charge on any atom is 0.242 e. The summed E-state index contributed by atoms with van der Waals surface area (Å²) >= 11 is 1.58. The highest BCUT2D eigenvalue weighted by atomic mass is 32.2. The summed E-state index contributed by atoms with van der Waals surface area (Å²) in [7, 11) is 0. The minimum absolute atomic E-state index is 0.0171. The van der Waals surface area contributed by atoms with Gasteiger partial charge in [0.05, 0.1) is 5.75 Å². The van der Waals surface area contributed by atoms with Crippen molar-refractivity contribution in [2.75, 3.05) is 5.75 Å². The van der Waals surface area contributed by atoms with Crippen LogP contribution >= 0.6 is 11.8 Å². The average Bonchev–Trinajstić information content (AvgIpc) is 2.72. The van der Waals surface area contributed by atoms with Crippen LogP contribution in [0.1, 0.15) is 38.3 Å². The lowest BCUT2D eigenvalue weighted by Crippen LogP contribution is -2.50. The van der Waals surface area contributed by atoms with Crippen molar-refractivity contribution in [2.45, 2.75) is 51.6 Å². The van der Waals surface area contributed by atoms with Gasteiger partial charge in [0.2, 0.25) is 11.8 Å². The number of hydrogen-bond acceptors (Lipinski definition) is 3. The van der Waals surface area contributed by atoms with Crippen LogP contribution in [0.15, 0.2) is 60.7 Å². The summed E-state index contributed by atoms with van der Waals surface area (Å²) in [6.45, 7) is 6.24. The summed E-state index contributed by atoms with van der Waals surface area (Å²) in [5.41, 5.74) is 2.21. The molecule has 4 nitrogen and oxygen atoms in total. The van der Waals surface area contributed by atoms with Crippen molar-refractivity contribution in [2.24, 2.45) is 0 Å². The molecule has 150 valence electrons. The molecule has 0 spiro atoms. The molecule has 0 aromatic heterocycles. The number of carbonyl (C=O) groups is 2. The monoisotopic (exact) mass is 398 g/mol. The molecule has 0 saturated heterocycles. The number of nitrogens with one attached hydrogen (secondary N) is 1. The Hall–Kier alpha value is -2.27. The molecule has 28 heavy (non-hydrogen) atoms. The molecule has 2 unspecified atom stereocenters. The lowest BCUT2D eigenvalue weighted by atomic mass is 10.1. The second-order valence-electron chi connectivity index (χ2n) is 6.98. The van der Waals surface area contributed by atoms with Gasteiger partial charge in [-0.25, -0.2) is 0 Å². The standard InChI is InChI=1S/C23H30N2O2S/c1-4-18(2)24-23(27)19(3)25(15-20-11-7-5-8-12-20)22(26)17-28-16-21-13-9-6-10-14-21/h5-14,18-19H,4,15-17H2,1-3H3,(H,24,27).